The molecule has 1 unspecified atom stereocenters. The van der Waals surface area contributed by atoms with Crippen molar-refractivity contribution in [3.8, 4) is 5.75 Å². The zero-order valence-electron chi connectivity index (χ0n) is 11.7. The lowest BCUT2D eigenvalue weighted by Crippen LogP contribution is -2.16. The van der Waals surface area contributed by atoms with E-state index in [9.17, 15) is 4.39 Å². The molecule has 20 heavy (non-hydrogen) atoms. The Bertz CT molecular complexity index is 539. The monoisotopic (exact) mass is 273 g/mol. The molecule has 2 aromatic carbocycles. The van der Waals surface area contributed by atoms with Gasteiger partial charge in [0.05, 0.1) is 6.61 Å². The van der Waals surface area contributed by atoms with Crippen molar-refractivity contribution in [2.75, 3.05) is 13.2 Å². The summed E-state index contributed by atoms with van der Waals surface area (Å²) in [6, 6.07) is 14.5. The van der Waals surface area contributed by atoms with Gasteiger partial charge in [0.15, 0.2) is 0 Å². The van der Waals surface area contributed by atoms with Crippen LogP contribution < -0.4 is 10.5 Å². The van der Waals surface area contributed by atoms with Crippen LogP contribution in [0.4, 0.5) is 4.39 Å². The van der Waals surface area contributed by atoms with Crippen LogP contribution in [0.15, 0.2) is 48.5 Å². The van der Waals surface area contributed by atoms with Crippen LogP contribution in [0.25, 0.3) is 0 Å². The van der Waals surface area contributed by atoms with Gasteiger partial charge < -0.3 is 10.5 Å². The third-order valence-corrected chi connectivity index (χ3v) is 3.34. The molecule has 2 aromatic rings. The highest BCUT2D eigenvalue weighted by atomic mass is 19.1. The van der Waals surface area contributed by atoms with Crippen LogP contribution in [0.3, 0.4) is 0 Å². The summed E-state index contributed by atoms with van der Waals surface area (Å²) in [5, 5.41) is 0. The van der Waals surface area contributed by atoms with Crippen LogP contribution in [0.2, 0.25) is 0 Å². The first-order valence-corrected chi connectivity index (χ1v) is 6.90. The van der Waals surface area contributed by atoms with Crippen LogP contribution in [-0.2, 0) is 6.42 Å². The minimum atomic E-state index is -0.215. The Hall–Kier alpha value is -1.87. The largest absolute Gasteiger partial charge is 0.494 e. The Balaban J connectivity index is 2.21. The number of halogens is 1. The van der Waals surface area contributed by atoms with E-state index in [2.05, 4.69) is 0 Å². The molecule has 0 aliphatic heterocycles. The number of hydrogen-bond donors (Lipinski definition) is 1. The van der Waals surface area contributed by atoms with Gasteiger partial charge in [-0.2, -0.15) is 0 Å². The summed E-state index contributed by atoms with van der Waals surface area (Å²) >= 11 is 0. The maximum Gasteiger partial charge on any atom is 0.123 e. The van der Waals surface area contributed by atoms with Crippen molar-refractivity contribution < 1.29 is 9.13 Å². The van der Waals surface area contributed by atoms with Gasteiger partial charge in [0.1, 0.15) is 11.6 Å². The number of hydrogen-bond acceptors (Lipinski definition) is 2. The number of ether oxygens (including phenoxy) is 1. The van der Waals surface area contributed by atoms with Crippen molar-refractivity contribution in [2.45, 2.75) is 19.3 Å². The summed E-state index contributed by atoms with van der Waals surface area (Å²) in [6.07, 6.45) is 0.779. The quantitative estimate of drug-likeness (QED) is 0.874. The lowest BCUT2D eigenvalue weighted by Gasteiger charge is -2.19. The van der Waals surface area contributed by atoms with Crippen LogP contribution >= 0.6 is 0 Å². The molecule has 3 heteroatoms. The van der Waals surface area contributed by atoms with E-state index in [1.165, 1.54) is 12.1 Å². The fourth-order valence-electron chi connectivity index (χ4n) is 2.33. The number of nitrogens with two attached hydrogens (primary N) is 1. The average molecular weight is 273 g/mol. The summed E-state index contributed by atoms with van der Waals surface area (Å²) in [5.41, 5.74) is 8.11. The molecular weight excluding hydrogens is 253 g/mol. The number of rotatable bonds is 6. The summed E-state index contributed by atoms with van der Waals surface area (Å²) < 4.78 is 18.6. The second-order valence-electron chi connectivity index (χ2n) is 4.73. The second kappa shape index (κ2) is 7.06. The summed E-state index contributed by atoms with van der Waals surface area (Å²) in [7, 11) is 0. The molecule has 0 heterocycles. The zero-order chi connectivity index (χ0) is 14.4. The van der Waals surface area contributed by atoms with E-state index in [4.69, 9.17) is 10.5 Å². The first-order chi connectivity index (χ1) is 9.74. The summed E-state index contributed by atoms with van der Waals surface area (Å²) in [6.45, 7) is 3.13. The van der Waals surface area contributed by atoms with Crippen molar-refractivity contribution >= 4 is 0 Å². The molecule has 0 radical (unpaired) electrons. The van der Waals surface area contributed by atoms with Gasteiger partial charge in [-0.3, -0.25) is 0 Å². The van der Waals surface area contributed by atoms with Crippen molar-refractivity contribution in [1.29, 1.82) is 0 Å². The van der Waals surface area contributed by atoms with Crippen molar-refractivity contribution in [3.05, 3.63) is 65.5 Å². The minimum absolute atomic E-state index is 0.170. The molecule has 0 saturated carbocycles. The third-order valence-electron chi connectivity index (χ3n) is 3.34. The van der Waals surface area contributed by atoms with E-state index < -0.39 is 0 Å². The van der Waals surface area contributed by atoms with Gasteiger partial charge in [-0.1, -0.05) is 30.3 Å². The van der Waals surface area contributed by atoms with Crippen molar-refractivity contribution in [2.24, 2.45) is 5.73 Å². The molecule has 106 valence electrons. The predicted octanol–water partition coefficient (Wildman–Crippen LogP) is 3.51. The van der Waals surface area contributed by atoms with Crippen LogP contribution in [-0.4, -0.2) is 13.2 Å². The fourth-order valence-corrected chi connectivity index (χ4v) is 2.33. The Labute approximate surface area is 119 Å². The van der Waals surface area contributed by atoms with Gasteiger partial charge in [-0.25, -0.2) is 4.39 Å². The normalized spacial score (nSPS) is 12.2. The van der Waals surface area contributed by atoms with E-state index >= 15 is 0 Å². The van der Waals surface area contributed by atoms with Gasteiger partial charge >= 0.3 is 0 Å². The maximum absolute atomic E-state index is 12.9. The highest BCUT2D eigenvalue weighted by Gasteiger charge is 2.15. The molecule has 0 saturated heterocycles. The molecule has 0 aliphatic rings. The van der Waals surface area contributed by atoms with Crippen LogP contribution in [0, 0.1) is 5.82 Å². The smallest absolute Gasteiger partial charge is 0.123 e. The maximum atomic E-state index is 12.9. The third kappa shape index (κ3) is 3.58. The van der Waals surface area contributed by atoms with E-state index in [-0.39, 0.29) is 11.7 Å². The van der Waals surface area contributed by atoms with Crippen LogP contribution in [0.1, 0.15) is 24.0 Å². The van der Waals surface area contributed by atoms with Gasteiger partial charge in [-0.15, -0.1) is 0 Å². The molecule has 0 aromatic heterocycles. The second-order valence-corrected chi connectivity index (χ2v) is 4.73. The first-order valence-electron chi connectivity index (χ1n) is 6.90. The lowest BCUT2D eigenvalue weighted by atomic mass is 9.91. The standard InChI is InChI=1S/C17H20FNO/c1-2-20-17-6-4-3-5-16(17)14(12-19)11-13-7-9-15(18)10-8-13/h3-10,14H,2,11-12,19H2,1H3. The predicted molar refractivity (Wildman–Crippen MR) is 79.5 cm³/mol. The Morgan fingerprint density at radius 3 is 2.45 bits per heavy atom. The molecule has 0 amide bonds. The lowest BCUT2D eigenvalue weighted by molar-refractivity contribution is 0.334. The molecule has 0 spiro atoms. The molecular formula is C17H20FNO. The van der Waals surface area contributed by atoms with Crippen molar-refractivity contribution in [1.82, 2.24) is 0 Å². The number of benzene rings is 2. The SMILES string of the molecule is CCOc1ccccc1C(CN)Cc1ccc(F)cc1. The molecule has 2 rings (SSSR count). The van der Waals surface area contributed by atoms with Crippen molar-refractivity contribution in [3.63, 3.8) is 0 Å². The Kier molecular flexibility index (Phi) is 5.13. The van der Waals surface area contributed by atoms with E-state index in [0.29, 0.717) is 13.2 Å². The fraction of sp³-hybridized carbons (Fsp3) is 0.294. The minimum Gasteiger partial charge on any atom is -0.494 e. The molecule has 0 aliphatic carbocycles. The molecule has 0 bridgehead atoms. The van der Waals surface area contributed by atoms with Gasteiger partial charge in [0.2, 0.25) is 0 Å². The van der Waals surface area contributed by atoms with E-state index in [1.807, 2.05) is 31.2 Å². The van der Waals surface area contributed by atoms with Gasteiger partial charge in [-0.05, 0) is 49.2 Å². The van der Waals surface area contributed by atoms with Gasteiger partial charge in [0.25, 0.3) is 0 Å². The Morgan fingerprint density at radius 2 is 1.80 bits per heavy atom. The zero-order valence-corrected chi connectivity index (χ0v) is 11.7. The average Bonchev–Trinajstić information content (AvgIpc) is 2.48. The topological polar surface area (TPSA) is 35.2 Å². The molecule has 2 nitrogen and oxygen atoms in total. The highest BCUT2D eigenvalue weighted by Crippen LogP contribution is 2.28. The molecule has 2 N–H and O–H groups in total. The Morgan fingerprint density at radius 1 is 1.10 bits per heavy atom. The van der Waals surface area contributed by atoms with E-state index in [0.717, 1.165) is 23.3 Å². The summed E-state index contributed by atoms with van der Waals surface area (Å²) in [5.74, 6) is 0.837. The first kappa shape index (κ1) is 14.5. The molecule has 0 fully saturated rings. The van der Waals surface area contributed by atoms with Gasteiger partial charge in [0, 0.05) is 5.92 Å². The highest BCUT2D eigenvalue weighted by molar-refractivity contribution is 5.37. The van der Waals surface area contributed by atoms with E-state index in [1.54, 1.807) is 12.1 Å². The summed E-state index contributed by atoms with van der Waals surface area (Å²) in [4.78, 5) is 0. The number of para-hydroxylation sites is 1. The van der Waals surface area contributed by atoms with Crippen LogP contribution in [0.5, 0.6) is 5.75 Å². The molecule has 1 atom stereocenters.